The van der Waals surface area contributed by atoms with E-state index in [1.807, 2.05) is 6.92 Å². The first-order valence-electron chi connectivity index (χ1n) is 7.34. The van der Waals surface area contributed by atoms with Crippen molar-refractivity contribution < 1.29 is 9.59 Å². The lowest BCUT2D eigenvalue weighted by Crippen LogP contribution is -2.25. The smallest absolute Gasteiger partial charge is 0.278 e. The highest BCUT2D eigenvalue weighted by molar-refractivity contribution is 6.06. The summed E-state index contributed by atoms with van der Waals surface area (Å²) in [6.07, 6.45) is 4.86. The molecule has 2 aromatic rings. The summed E-state index contributed by atoms with van der Waals surface area (Å²) >= 11 is 0. The van der Waals surface area contributed by atoms with Crippen LogP contribution in [0.4, 0.5) is 11.5 Å². The monoisotopic (exact) mass is 311 g/mol. The third-order valence-corrected chi connectivity index (χ3v) is 3.60. The molecule has 0 unspecified atom stereocenters. The van der Waals surface area contributed by atoms with Crippen molar-refractivity contribution in [2.24, 2.45) is 0 Å². The lowest BCUT2D eigenvalue weighted by atomic mass is 10.1. The molecule has 0 spiro atoms. The van der Waals surface area contributed by atoms with Crippen molar-refractivity contribution in [3.05, 3.63) is 47.4 Å². The Labute approximate surface area is 133 Å². The molecule has 1 aliphatic rings. The molecule has 0 aliphatic heterocycles. The van der Waals surface area contributed by atoms with Gasteiger partial charge in [0.1, 0.15) is 0 Å². The SMILES string of the molecule is Cc1ccc(C(=O)NC2CC2)cc1NC(=O)c1nccnc1N. The standard InChI is InChI=1S/C16H17N5O2/c1-9-2-3-10(15(22)20-11-4-5-11)8-12(9)21-16(23)13-14(17)19-7-6-18-13/h2-3,6-8,11H,4-5H2,1H3,(H2,17,19)(H,20,22)(H,21,23). The Morgan fingerprint density at radius 1 is 1.17 bits per heavy atom. The molecule has 1 heterocycles. The van der Waals surface area contributed by atoms with E-state index in [0.717, 1.165) is 18.4 Å². The molecule has 3 rings (SSSR count). The Morgan fingerprint density at radius 3 is 2.61 bits per heavy atom. The maximum absolute atomic E-state index is 12.3. The first-order chi connectivity index (χ1) is 11.0. The number of benzene rings is 1. The van der Waals surface area contributed by atoms with Gasteiger partial charge in [0, 0.05) is 29.7 Å². The lowest BCUT2D eigenvalue weighted by Gasteiger charge is -2.11. The predicted molar refractivity (Wildman–Crippen MR) is 86.1 cm³/mol. The van der Waals surface area contributed by atoms with Gasteiger partial charge in [0.05, 0.1) is 0 Å². The molecule has 118 valence electrons. The van der Waals surface area contributed by atoms with E-state index in [4.69, 9.17) is 5.73 Å². The van der Waals surface area contributed by atoms with Crippen LogP contribution in [-0.4, -0.2) is 27.8 Å². The van der Waals surface area contributed by atoms with Crippen LogP contribution in [0, 0.1) is 6.92 Å². The molecule has 1 aliphatic carbocycles. The predicted octanol–water partition coefficient (Wildman–Crippen LogP) is 1.51. The summed E-state index contributed by atoms with van der Waals surface area (Å²) in [5.74, 6) is -0.536. The quantitative estimate of drug-likeness (QED) is 0.793. The minimum atomic E-state index is -0.460. The van der Waals surface area contributed by atoms with Gasteiger partial charge in [-0.25, -0.2) is 9.97 Å². The number of aryl methyl sites for hydroxylation is 1. The van der Waals surface area contributed by atoms with Crippen LogP contribution >= 0.6 is 0 Å². The van der Waals surface area contributed by atoms with Crippen molar-refractivity contribution in [2.45, 2.75) is 25.8 Å². The summed E-state index contributed by atoms with van der Waals surface area (Å²) in [5, 5.41) is 5.65. The van der Waals surface area contributed by atoms with Crippen molar-refractivity contribution >= 4 is 23.3 Å². The van der Waals surface area contributed by atoms with Crippen molar-refractivity contribution in [2.75, 3.05) is 11.1 Å². The van der Waals surface area contributed by atoms with E-state index < -0.39 is 5.91 Å². The maximum atomic E-state index is 12.3. The normalized spacial score (nSPS) is 13.4. The number of nitrogens with one attached hydrogen (secondary N) is 2. The summed E-state index contributed by atoms with van der Waals surface area (Å²) in [6.45, 7) is 1.85. The van der Waals surface area contributed by atoms with E-state index in [9.17, 15) is 9.59 Å². The fourth-order valence-corrected chi connectivity index (χ4v) is 2.10. The topological polar surface area (TPSA) is 110 Å². The van der Waals surface area contributed by atoms with Crippen LogP contribution in [0.2, 0.25) is 0 Å². The van der Waals surface area contributed by atoms with E-state index in [1.54, 1.807) is 18.2 Å². The molecule has 7 nitrogen and oxygen atoms in total. The number of carbonyl (C=O) groups is 2. The summed E-state index contributed by atoms with van der Waals surface area (Å²) in [4.78, 5) is 32.1. The van der Waals surface area contributed by atoms with E-state index >= 15 is 0 Å². The summed E-state index contributed by atoms with van der Waals surface area (Å²) in [5.41, 5.74) is 7.60. The number of carbonyl (C=O) groups excluding carboxylic acids is 2. The second-order valence-electron chi connectivity index (χ2n) is 5.52. The fraction of sp³-hybridized carbons (Fsp3) is 0.250. The van der Waals surface area contributed by atoms with Gasteiger partial charge in [-0.1, -0.05) is 6.07 Å². The van der Waals surface area contributed by atoms with Gasteiger partial charge in [0.2, 0.25) is 0 Å². The molecule has 2 amide bonds. The largest absolute Gasteiger partial charge is 0.382 e. The number of amides is 2. The molecule has 1 aromatic heterocycles. The molecular weight excluding hydrogens is 294 g/mol. The number of aromatic nitrogens is 2. The zero-order chi connectivity index (χ0) is 16.4. The van der Waals surface area contributed by atoms with Crippen molar-refractivity contribution in [1.29, 1.82) is 0 Å². The van der Waals surface area contributed by atoms with Gasteiger partial charge in [0.25, 0.3) is 11.8 Å². The average Bonchev–Trinajstić information content (AvgIpc) is 3.33. The highest BCUT2D eigenvalue weighted by Gasteiger charge is 2.24. The maximum Gasteiger partial charge on any atom is 0.278 e. The Kier molecular flexibility index (Phi) is 3.92. The van der Waals surface area contributed by atoms with E-state index in [-0.39, 0.29) is 23.5 Å². The number of rotatable bonds is 4. The molecule has 0 bridgehead atoms. The minimum Gasteiger partial charge on any atom is -0.382 e. The second-order valence-corrected chi connectivity index (χ2v) is 5.52. The van der Waals surface area contributed by atoms with Gasteiger partial charge in [-0.3, -0.25) is 9.59 Å². The zero-order valence-corrected chi connectivity index (χ0v) is 12.7. The molecule has 1 fully saturated rings. The van der Waals surface area contributed by atoms with E-state index in [2.05, 4.69) is 20.6 Å². The van der Waals surface area contributed by atoms with Crippen LogP contribution in [0.25, 0.3) is 0 Å². The molecule has 23 heavy (non-hydrogen) atoms. The molecule has 1 aromatic carbocycles. The Morgan fingerprint density at radius 2 is 1.91 bits per heavy atom. The van der Waals surface area contributed by atoms with Gasteiger partial charge in [-0.05, 0) is 37.5 Å². The Balaban J connectivity index is 1.80. The molecule has 0 radical (unpaired) electrons. The highest BCUT2D eigenvalue weighted by atomic mass is 16.2. The third kappa shape index (κ3) is 3.45. The lowest BCUT2D eigenvalue weighted by molar-refractivity contribution is 0.0949. The van der Waals surface area contributed by atoms with Crippen molar-refractivity contribution in [1.82, 2.24) is 15.3 Å². The number of anilines is 2. The van der Waals surface area contributed by atoms with Crippen LogP contribution in [0.1, 0.15) is 39.3 Å². The fourth-order valence-electron chi connectivity index (χ4n) is 2.10. The van der Waals surface area contributed by atoms with Crippen LogP contribution < -0.4 is 16.4 Å². The molecule has 1 saturated carbocycles. The van der Waals surface area contributed by atoms with Crippen molar-refractivity contribution in [3.8, 4) is 0 Å². The molecular formula is C16H17N5O2. The first kappa shape index (κ1) is 15.0. The molecule has 0 saturated heterocycles. The van der Waals surface area contributed by atoms with Crippen molar-refractivity contribution in [3.63, 3.8) is 0 Å². The minimum absolute atomic E-state index is 0.0553. The Hall–Kier alpha value is -2.96. The van der Waals surface area contributed by atoms with Gasteiger partial charge in [0.15, 0.2) is 11.5 Å². The first-order valence-corrected chi connectivity index (χ1v) is 7.34. The number of hydrogen-bond acceptors (Lipinski definition) is 5. The molecule has 7 heteroatoms. The van der Waals surface area contributed by atoms with Crippen LogP contribution in [0.15, 0.2) is 30.6 Å². The summed E-state index contributed by atoms with van der Waals surface area (Å²) in [7, 11) is 0. The van der Waals surface area contributed by atoms with Gasteiger partial charge in [-0.2, -0.15) is 0 Å². The zero-order valence-electron chi connectivity index (χ0n) is 12.7. The van der Waals surface area contributed by atoms with Gasteiger partial charge < -0.3 is 16.4 Å². The second kappa shape index (κ2) is 6.04. The number of nitrogens with zero attached hydrogens (tertiary/aromatic N) is 2. The van der Waals surface area contributed by atoms with E-state index in [0.29, 0.717) is 11.3 Å². The van der Waals surface area contributed by atoms with Crippen LogP contribution in [0.3, 0.4) is 0 Å². The number of hydrogen-bond donors (Lipinski definition) is 3. The molecule has 0 atom stereocenters. The Bertz CT molecular complexity index is 771. The van der Waals surface area contributed by atoms with E-state index in [1.165, 1.54) is 12.4 Å². The third-order valence-electron chi connectivity index (χ3n) is 3.60. The average molecular weight is 311 g/mol. The van der Waals surface area contributed by atoms with Crippen LogP contribution in [-0.2, 0) is 0 Å². The highest BCUT2D eigenvalue weighted by Crippen LogP contribution is 2.22. The summed E-state index contributed by atoms with van der Waals surface area (Å²) in [6, 6.07) is 5.45. The van der Waals surface area contributed by atoms with Gasteiger partial charge in [-0.15, -0.1) is 0 Å². The molecule has 4 N–H and O–H groups in total. The van der Waals surface area contributed by atoms with Gasteiger partial charge >= 0.3 is 0 Å². The number of nitrogen functional groups attached to an aromatic ring is 1. The van der Waals surface area contributed by atoms with Crippen LogP contribution in [0.5, 0.6) is 0 Å². The summed E-state index contributed by atoms with van der Waals surface area (Å²) < 4.78 is 0. The number of nitrogens with two attached hydrogens (primary N) is 1.